The molecule has 2 atom stereocenters. The zero-order valence-electron chi connectivity index (χ0n) is 9.83. The summed E-state index contributed by atoms with van der Waals surface area (Å²) in [6.45, 7) is 7.89. The maximum absolute atomic E-state index is 11.5. The normalized spacial score (nSPS) is 17.7. The summed E-state index contributed by atoms with van der Waals surface area (Å²) >= 11 is 0. The fraction of sp³-hybridized carbons (Fsp3) is 0.800. The summed E-state index contributed by atoms with van der Waals surface area (Å²) in [4.78, 5) is 22.3. The number of carboxylic acid groups (broad SMARTS) is 1. The molecule has 5 heteroatoms. The Balaban J connectivity index is 4.66. The third kappa shape index (κ3) is 3.87. The van der Waals surface area contributed by atoms with Crippen LogP contribution in [0.1, 0.15) is 34.6 Å². The van der Waals surface area contributed by atoms with Gasteiger partial charge in [0.2, 0.25) is 0 Å². The quantitative estimate of drug-likeness (QED) is 0.681. The van der Waals surface area contributed by atoms with Crippen LogP contribution in [0, 0.1) is 5.92 Å². The van der Waals surface area contributed by atoms with Crippen LogP contribution in [0.5, 0.6) is 0 Å². The molecule has 0 aliphatic carbocycles. The molecule has 0 aliphatic heterocycles. The molecule has 0 heterocycles. The monoisotopic (exact) mass is 217 g/mol. The number of ether oxygens (including phenoxy) is 1. The van der Waals surface area contributed by atoms with E-state index in [1.165, 1.54) is 13.8 Å². The zero-order valence-corrected chi connectivity index (χ0v) is 9.83. The van der Waals surface area contributed by atoms with Crippen LogP contribution in [0.15, 0.2) is 0 Å². The van der Waals surface area contributed by atoms with E-state index < -0.39 is 29.0 Å². The van der Waals surface area contributed by atoms with Crippen LogP contribution in [0.3, 0.4) is 0 Å². The molecule has 0 aromatic rings. The first-order valence-corrected chi connectivity index (χ1v) is 4.73. The van der Waals surface area contributed by atoms with E-state index in [1.54, 1.807) is 20.8 Å². The maximum atomic E-state index is 11.5. The van der Waals surface area contributed by atoms with Crippen molar-refractivity contribution in [2.45, 2.75) is 45.8 Å². The minimum Gasteiger partial charge on any atom is -0.480 e. The Morgan fingerprint density at radius 3 is 1.93 bits per heavy atom. The van der Waals surface area contributed by atoms with Crippen molar-refractivity contribution in [2.75, 3.05) is 0 Å². The Morgan fingerprint density at radius 2 is 1.67 bits per heavy atom. The van der Waals surface area contributed by atoms with E-state index in [0.29, 0.717) is 0 Å². The van der Waals surface area contributed by atoms with Crippen molar-refractivity contribution in [3.05, 3.63) is 0 Å². The molecule has 3 N–H and O–H groups in total. The van der Waals surface area contributed by atoms with Gasteiger partial charge in [-0.25, -0.2) is 0 Å². The van der Waals surface area contributed by atoms with Gasteiger partial charge in [-0.15, -0.1) is 0 Å². The molecule has 0 aromatic heterocycles. The van der Waals surface area contributed by atoms with Crippen molar-refractivity contribution in [3.8, 4) is 0 Å². The predicted octanol–water partition coefficient (Wildman–Crippen LogP) is 0.766. The van der Waals surface area contributed by atoms with Gasteiger partial charge in [0.1, 0.15) is 11.1 Å². The fourth-order valence-corrected chi connectivity index (χ4v) is 0.820. The first-order chi connectivity index (χ1) is 6.48. The van der Waals surface area contributed by atoms with E-state index >= 15 is 0 Å². The van der Waals surface area contributed by atoms with Gasteiger partial charge in [-0.1, -0.05) is 0 Å². The standard InChI is InChI=1S/C10H19NO4/c1-6(10(5,11)8(13)14)7(12)15-9(2,3)4/h6H,11H2,1-5H3,(H,13,14). The number of rotatable bonds is 3. The van der Waals surface area contributed by atoms with E-state index in [0.717, 1.165) is 0 Å². The summed E-state index contributed by atoms with van der Waals surface area (Å²) in [5, 5.41) is 8.83. The topological polar surface area (TPSA) is 89.6 Å². The van der Waals surface area contributed by atoms with Gasteiger partial charge in [-0.3, -0.25) is 9.59 Å². The smallest absolute Gasteiger partial charge is 0.324 e. The lowest BCUT2D eigenvalue weighted by Crippen LogP contribution is -2.54. The highest BCUT2D eigenvalue weighted by atomic mass is 16.6. The second-order valence-corrected chi connectivity index (χ2v) is 4.84. The van der Waals surface area contributed by atoms with Crippen molar-refractivity contribution in [1.29, 1.82) is 0 Å². The third-order valence-electron chi connectivity index (χ3n) is 2.12. The largest absolute Gasteiger partial charge is 0.480 e. The van der Waals surface area contributed by atoms with Gasteiger partial charge >= 0.3 is 11.9 Å². The molecule has 0 saturated heterocycles. The van der Waals surface area contributed by atoms with Gasteiger partial charge in [0, 0.05) is 0 Å². The van der Waals surface area contributed by atoms with Crippen LogP contribution in [0.4, 0.5) is 0 Å². The van der Waals surface area contributed by atoms with Crippen molar-refractivity contribution in [2.24, 2.45) is 11.7 Å². The number of carbonyl (C=O) groups excluding carboxylic acids is 1. The summed E-state index contributed by atoms with van der Waals surface area (Å²) < 4.78 is 5.05. The summed E-state index contributed by atoms with van der Waals surface area (Å²) in [5.74, 6) is -2.72. The molecule has 0 fully saturated rings. The number of hydrogen-bond donors (Lipinski definition) is 2. The summed E-state index contributed by atoms with van der Waals surface area (Å²) in [5.41, 5.74) is 3.27. The molecule has 0 aromatic carbocycles. The van der Waals surface area contributed by atoms with Gasteiger partial charge in [-0.2, -0.15) is 0 Å². The SMILES string of the molecule is CC(C(=O)OC(C)(C)C)C(C)(N)C(=O)O. The lowest BCUT2D eigenvalue weighted by atomic mass is 9.88. The van der Waals surface area contributed by atoms with Crippen molar-refractivity contribution < 1.29 is 19.4 Å². The van der Waals surface area contributed by atoms with Gasteiger partial charge < -0.3 is 15.6 Å². The van der Waals surface area contributed by atoms with Crippen molar-refractivity contribution in [1.82, 2.24) is 0 Å². The number of carboxylic acids is 1. The highest BCUT2D eigenvalue weighted by molar-refractivity contribution is 5.86. The highest BCUT2D eigenvalue weighted by Gasteiger charge is 2.41. The molecule has 2 unspecified atom stereocenters. The molecule has 0 rings (SSSR count). The van der Waals surface area contributed by atoms with E-state index in [2.05, 4.69) is 0 Å². The highest BCUT2D eigenvalue weighted by Crippen LogP contribution is 2.19. The maximum Gasteiger partial charge on any atom is 0.324 e. The number of hydrogen-bond acceptors (Lipinski definition) is 4. The van der Waals surface area contributed by atoms with E-state index in [4.69, 9.17) is 15.6 Å². The Bertz CT molecular complexity index is 265. The first kappa shape index (κ1) is 13.9. The average Bonchev–Trinajstić information content (AvgIpc) is 1.99. The molecule has 0 spiro atoms. The summed E-state index contributed by atoms with van der Waals surface area (Å²) in [7, 11) is 0. The molecule has 0 aliphatic rings. The second-order valence-electron chi connectivity index (χ2n) is 4.84. The third-order valence-corrected chi connectivity index (χ3v) is 2.12. The average molecular weight is 217 g/mol. The Kier molecular flexibility index (Phi) is 3.88. The molecule has 0 bridgehead atoms. The van der Waals surface area contributed by atoms with Crippen LogP contribution >= 0.6 is 0 Å². The molecule has 88 valence electrons. The molecule has 0 saturated carbocycles. The van der Waals surface area contributed by atoms with Crippen LogP contribution in [-0.2, 0) is 14.3 Å². The van der Waals surface area contributed by atoms with Gasteiger partial charge in [-0.05, 0) is 34.6 Å². The van der Waals surface area contributed by atoms with Crippen molar-refractivity contribution in [3.63, 3.8) is 0 Å². The van der Waals surface area contributed by atoms with Gasteiger partial charge in [0.05, 0.1) is 5.92 Å². The summed E-state index contributed by atoms with van der Waals surface area (Å²) in [6, 6.07) is 0. The molecule has 0 amide bonds. The van der Waals surface area contributed by atoms with E-state index in [1.807, 2.05) is 0 Å². The van der Waals surface area contributed by atoms with E-state index in [-0.39, 0.29) is 0 Å². The minimum absolute atomic E-state index is 0.602. The van der Waals surface area contributed by atoms with Crippen molar-refractivity contribution >= 4 is 11.9 Å². The minimum atomic E-state index is -1.61. The fourth-order valence-electron chi connectivity index (χ4n) is 0.820. The van der Waals surface area contributed by atoms with Crippen LogP contribution in [0.25, 0.3) is 0 Å². The Hall–Kier alpha value is -1.10. The molecule has 0 radical (unpaired) electrons. The molecular formula is C10H19NO4. The van der Waals surface area contributed by atoms with Crippen LogP contribution < -0.4 is 5.73 Å². The molecule has 15 heavy (non-hydrogen) atoms. The molecular weight excluding hydrogens is 198 g/mol. The lowest BCUT2D eigenvalue weighted by molar-refractivity contribution is -0.166. The zero-order chi connectivity index (χ0) is 12.4. The summed E-state index contributed by atoms with van der Waals surface area (Å²) in [6.07, 6.45) is 0. The number of carbonyl (C=O) groups is 2. The number of aliphatic carboxylic acids is 1. The second kappa shape index (κ2) is 4.18. The predicted molar refractivity (Wildman–Crippen MR) is 55.2 cm³/mol. The van der Waals surface area contributed by atoms with E-state index in [9.17, 15) is 9.59 Å². The number of esters is 1. The van der Waals surface area contributed by atoms with Crippen LogP contribution in [-0.4, -0.2) is 28.2 Å². The van der Waals surface area contributed by atoms with Gasteiger partial charge in [0.25, 0.3) is 0 Å². The number of nitrogens with two attached hydrogens (primary N) is 1. The van der Waals surface area contributed by atoms with Crippen LogP contribution in [0.2, 0.25) is 0 Å². The van der Waals surface area contributed by atoms with Gasteiger partial charge in [0.15, 0.2) is 0 Å². The Labute approximate surface area is 89.6 Å². The lowest BCUT2D eigenvalue weighted by Gasteiger charge is -2.28. The first-order valence-electron chi connectivity index (χ1n) is 4.73. The molecule has 5 nitrogen and oxygen atoms in total. The Morgan fingerprint density at radius 1 is 1.27 bits per heavy atom.